The lowest BCUT2D eigenvalue weighted by atomic mass is 9.90. The molecule has 3 aliphatic heterocycles. The van der Waals surface area contributed by atoms with E-state index in [1.807, 2.05) is 6.92 Å². The lowest BCUT2D eigenvalue weighted by Crippen LogP contribution is -2.75. The van der Waals surface area contributed by atoms with Crippen molar-refractivity contribution >= 4 is 71.4 Å². The first-order chi connectivity index (χ1) is 26.1. The Morgan fingerprint density at radius 3 is 2.07 bits per heavy atom. The monoisotopic (exact) mass is 763 g/mol. The number of amides is 2. The molecule has 0 fully saturated rings. The zero-order valence-electron chi connectivity index (χ0n) is 30.5. The lowest BCUT2D eigenvalue weighted by molar-refractivity contribution is -0.469. The van der Waals surface area contributed by atoms with Crippen LogP contribution >= 0.6 is 19.0 Å². The number of unbranched alkanes of at least 4 members (excludes halogenated alkanes) is 1. The van der Waals surface area contributed by atoms with Gasteiger partial charge in [-0.05, 0) is 86.2 Å². The van der Waals surface area contributed by atoms with Crippen molar-refractivity contribution in [3.05, 3.63) is 143 Å². The minimum atomic E-state index is -4.10. The van der Waals surface area contributed by atoms with Crippen LogP contribution in [0.2, 0.25) is 0 Å². The van der Waals surface area contributed by atoms with Crippen molar-refractivity contribution in [2.75, 3.05) is 25.0 Å². The van der Waals surface area contributed by atoms with Crippen LogP contribution in [0.1, 0.15) is 42.6 Å². The number of nitrogens with one attached hydrogen (secondary N) is 1. The Morgan fingerprint density at radius 2 is 1.46 bits per heavy atom. The third kappa shape index (κ3) is 7.19. The number of allylic oxidation sites excluding steroid dienone is 2. The van der Waals surface area contributed by atoms with Crippen LogP contribution in [-0.2, 0) is 14.7 Å². The smallest absolute Gasteiger partial charge is 0.394 e. The number of imide groups is 1. The number of aromatic nitrogens is 1. The van der Waals surface area contributed by atoms with Gasteiger partial charge in [-0.1, -0.05) is 54.6 Å². The zero-order valence-corrected chi connectivity index (χ0v) is 32.2. The number of aryl methyl sites for hydroxylation is 2. The van der Waals surface area contributed by atoms with Crippen molar-refractivity contribution in [3.8, 4) is 0 Å². The van der Waals surface area contributed by atoms with Gasteiger partial charge in [-0.2, -0.15) is 0 Å². The van der Waals surface area contributed by atoms with E-state index in [0.29, 0.717) is 33.5 Å². The van der Waals surface area contributed by atoms with Crippen LogP contribution in [0.4, 0.5) is 8.63 Å². The molecule has 3 aromatic carbocycles. The molecular weight excluding hydrogens is 720 g/mol. The molecule has 0 atom stereocenters. The molecule has 0 saturated carbocycles. The SMILES string of the molecule is Cc1cc(C)n2c1C=C1C=CC(CCC([O])=[NH+]CCN3C(=O)C=C(SCCCC[P+](c4ccccc4)(c4ccccc4)c4ccccc4)C3=O)=[N+]1[B-]2(F)F. The van der Waals surface area contributed by atoms with Crippen LogP contribution in [0.15, 0.2) is 126 Å². The summed E-state index contributed by atoms with van der Waals surface area (Å²) >= 11 is 1.40. The van der Waals surface area contributed by atoms with Crippen LogP contribution in [0.5, 0.6) is 0 Å². The summed E-state index contributed by atoms with van der Waals surface area (Å²) in [6.07, 6.45) is 9.36. The number of benzene rings is 3. The van der Waals surface area contributed by atoms with Gasteiger partial charge in [-0.25, -0.2) is 10.1 Å². The largest absolute Gasteiger partial charge is 0.737 e. The Kier molecular flexibility index (Phi) is 11.0. The summed E-state index contributed by atoms with van der Waals surface area (Å²) in [5.74, 6) is -0.388. The maximum Gasteiger partial charge on any atom is 0.737 e. The summed E-state index contributed by atoms with van der Waals surface area (Å²) in [5.41, 5.74) is 2.58. The summed E-state index contributed by atoms with van der Waals surface area (Å²) in [5, 5.41) is 16.8. The van der Waals surface area contributed by atoms with Crippen molar-refractivity contribution in [1.29, 1.82) is 0 Å². The molecule has 1 radical (unpaired) electrons. The van der Waals surface area contributed by atoms with Gasteiger partial charge < -0.3 is 17.6 Å². The fraction of sp³-hybridized carbons (Fsp3) is 0.238. The predicted molar refractivity (Wildman–Crippen MR) is 217 cm³/mol. The second kappa shape index (κ2) is 15.9. The molecule has 7 rings (SSSR count). The maximum absolute atomic E-state index is 15.7. The fourth-order valence-corrected chi connectivity index (χ4v) is 13.2. The summed E-state index contributed by atoms with van der Waals surface area (Å²) in [4.78, 5) is 30.3. The fourth-order valence-electron chi connectivity index (χ4n) is 7.85. The Bertz CT molecular complexity index is 2120. The lowest BCUT2D eigenvalue weighted by Gasteiger charge is -2.30. The average Bonchev–Trinajstić information content (AvgIpc) is 3.82. The van der Waals surface area contributed by atoms with Gasteiger partial charge in [0.05, 0.1) is 24.0 Å². The third-order valence-corrected chi connectivity index (χ3v) is 16.0. The number of hydrogen-bond donors (Lipinski definition) is 1. The third-order valence-electron chi connectivity index (χ3n) is 10.4. The molecule has 0 unspecified atom stereocenters. The molecule has 2 amide bonds. The van der Waals surface area contributed by atoms with E-state index in [9.17, 15) is 14.7 Å². The molecule has 275 valence electrons. The van der Waals surface area contributed by atoms with Crippen LogP contribution < -0.4 is 20.9 Å². The standard InChI is InChI=1S/C42H42BF2N4O3PS/c1-31-28-32(2)48-38(31)29-34-21-20-33(49(34)43(48,44)45)22-23-40(50)46-24-25-47-41(51)30-39(42(47)52)54-27-13-12-26-53(35-14-6-3-7-15-35,36-16-8-4-9-17-36)37-18-10-5-11-19-37/h3-11,14-21,28-30H,12-13,22-27H2,1-2H3/q+1/p+1. The van der Waals surface area contributed by atoms with Crippen LogP contribution in [0.25, 0.3) is 6.08 Å². The Labute approximate surface area is 319 Å². The number of nitrogens with zero attached hydrogens (tertiary/aromatic N) is 3. The number of carbonyl (C=O) groups excluding carboxylic acids is 2. The molecule has 0 spiro atoms. The highest BCUT2D eigenvalue weighted by atomic mass is 32.2. The molecule has 1 N–H and O–H groups in total. The first kappa shape index (κ1) is 37.5. The number of halogens is 2. The van der Waals surface area contributed by atoms with Crippen LogP contribution in [0, 0.1) is 13.8 Å². The Hall–Kier alpha value is -4.86. The van der Waals surface area contributed by atoms with Crippen molar-refractivity contribution in [2.24, 2.45) is 0 Å². The van der Waals surface area contributed by atoms with Crippen molar-refractivity contribution < 1.29 is 32.8 Å². The highest BCUT2D eigenvalue weighted by molar-refractivity contribution is 8.04. The van der Waals surface area contributed by atoms with E-state index in [4.69, 9.17) is 0 Å². The molecule has 0 saturated heterocycles. The van der Waals surface area contributed by atoms with Gasteiger partial charge in [0, 0.05) is 36.4 Å². The molecule has 7 nitrogen and oxygen atoms in total. The molecule has 0 aliphatic carbocycles. The number of hydrogen-bond acceptors (Lipinski definition) is 3. The summed E-state index contributed by atoms with van der Waals surface area (Å²) < 4.78 is 33.6. The number of carbonyl (C=O) groups is 2. The van der Waals surface area contributed by atoms with Crippen molar-refractivity contribution in [3.63, 3.8) is 0 Å². The van der Waals surface area contributed by atoms with Gasteiger partial charge in [0.25, 0.3) is 11.8 Å². The van der Waals surface area contributed by atoms with Gasteiger partial charge in [0.1, 0.15) is 28.9 Å². The maximum atomic E-state index is 15.7. The van der Waals surface area contributed by atoms with E-state index in [-0.39, 0.29) is 37.7 Å². The molecule has 1 aromatic heterocycles. The van der Waals surface area contributed by atoms with Gasteiger partial charge in [-0.15, -0.1) is 11.8 Å². The number of rotatable bonds is 15. The minimum Gasteiger partial charge on any atom is -0.394 e. The van der Waals surface area contributed by atoms with Crippen LogP contribution in [0.3, 0.4) is 0 Å². The van der Waals surface area contributed by atoms with E-state index in [0.717, 1.165) is 38.4 Å². The number of thioether (sulfide) groups is 1. The van der Waals surface area contributed by atoms with E-state index < -0.39 is 20.1 Å². The van der Waals surface area contributed by atoms with E-state index in [1.54, 1.807) is 31.2 Å². The predicted octanol–water partition coefficient (Wildman–Crippen LogP) is 5.16. The molecule has 0 bridgehead atoms. The van der Waals surface area contributed by atoms with E-state index in [1.165, 1.54) is 33.8 Å². The minimum absolute atomic E-state index is 0.00417. The zero-order chi connectivity index (χ0) is 37.9. The quantitative estimate of drug-likeness (QED) is 0.0455. The van der Waals surface area contributed by atoms with Crippen molar-refractivity contribution in [1.82, 2.24) is 9.38 Å². The summed E-state index contributed by atoms with van der Waals surface area (Å²) in [7, 11) is -1.94. The van der Waals surface area contributed by atoms with Gasteiger partial charge in [0.15, 0.2) is 12.2 Å². The summed E-state index contributed by atoms with van der Waals surface area (Å²) in [6.45, 7) is -0.485. The molecular formula is C42H43BF2N4O3PS+2. The Morgan fingerprint density at radius 1 is 0.852 bits per heavy atom. The number of fused-ring (bicyclic) bond motifs is 2. The molecule has 4 aromatic rings. The van der Waals surface area contributed by atoms with E-state index >= 15 is 8.63 Å². The molecule has 3 aliphatic rings. The van der Waals surface area contributed by atoms with Gasteiger partial charge >= 0.3 is 12.9 Å². The van der Waals surface area contributed by atoms with Crippen molar-refractivity contribution in [2.45, 2.75) is 39.5 Å². The normalized spacial score (nSPS) is 16.5. The topological polar surface area (TPSA) is 79.2 Å². The van der Waals surface area contributed by atoms with E-state index in [2.05, 4.69) is 96.0 Å². The highest BCUT2D eigenvalue weighted by Gasteiger charge is 2.52. The van der Waals surface area contributed by atoms with Gasteiger partial charge in [0.2, 0.25) is 0 Å². The first-order valence-electron chi connectivity index (χ1n) is 18.4. The van der Waals surface area contributed by atoms with Crippen LogP contribution in [-0.4, -0.2) is 69.3 Å². The summed E-state index contributed by atoms with van der Waals surface area (Å²) in [6, 6.07) is 34.0. The second-order valence-electron chi connectivity index (χ2n) is 13.8. The molecule has 54 heavy (non-hydrogen) atoms. The highest BCUT2D eigenvalue weighted by Crippen LogP contribution is 2.56. The molecule has 4 heterocycles. The first-order valence-corrected chi connectivity index (χ1v) is 21.3. The second-order valence-corrected chi connectivity index (χ2v) is 18.6. The average molecular weight is 764 g/mol. The van der Waals surface area contributed by atoms with Gasteiger partial charge in [-0.3, -0.25) is 14.5 Å². The molecule has 12 heteroatoms. The Balaban J connectivity index is 0.920.